The first kappa shape index (κ1) is 9.07. The molecule has 0 aliphatic heterocycles. The average Bonchev–Trinajstić information content (AvgIpc) is 2.07. The Kier molecular flexibility index (Phi) is 3.11. The minimum absolute atomic E-state index is 0.505. The van der Waals surface area contributed by atoms with E-state index in [4.69, 9.17) is 17.3 Å². The highest BCUT2D eigenvalue weighted by atomic mass is 35.5. The predicted octanol–water partition coefficient (Wildman–Crippen LogP) is 2.22. The van der Waals surface area contributed by atoms with Crippen LogP contribution in [-0.2, 0) is 0 Å². The molecular weight excluding hydrogens is 172 g/mol. The molecule has 1 aromatic heterocycles. The van der Waals surface area contributed by atoms with E-state index in [2.05, 4.69) is 4.98 Å². The zero-order valence-electron chi connectivity index (χ0n) is 6.92. The zero-order valence-corrected chi connectivity index (χ0v) is 7.67. The maximum atomic E-state index is 5.60. The molecule has 0 atom stereocenters. The molecule has 1 aromatic rings. The molecular formula is C9H11ClN2. The van der Waals surface area contributed by atoms with Gasteiger partial charge in [0.25, 0.3) is 0 Å². The first-order valence-electron chi connectivity index (χ1n) is 3.68. The molecule has 2 nitrogen and oxygen atoms in total. The number of alkyl halides is 1. The molecule has 0 aromatic carbocycles. The highest BCUT2D eigenvalue weighted by Crippen LogP contribution is 2.10. The monoisotopic (exact) mass is 182 g/mol. The van der Waals surface area contributed by atoms with Crippen molar-refractivity contribution >= 4 is 23.4 Å². The van der Waals surface area contributed by atoms with Gasteiger partial charge >= 0.3 is 0 Å². The number of allylic oxidation sites excluding steroid dienone is 1. The maximum absolute atomic E-state index is 5.60. The second kappa shape index (κ2) is 4.12. The summed E-state index contributed by atoms with van der Waals surface area (Å²) in [4.78, 5) is 4.11. The van der Waals surface area contributed by atoms with Gasteiger partial charge in [-0.2, -0.15) is 0 Å². The highest BCUT2D eigenvalue weighted by molar-refractivity contribution is 6.19. The number of aryl methyl sites for hydroxylation is 1. The number of nitrogen functional groups attached to an aromatic ring is 1. The van der Waals surface area contributed by atoms with Crippen LogP contribution in [0.3, 0.4) is 0 Å². The minimum Gasteiger partial charge on any atom is -0.397 e. The second-order valence-electron chi connectivity index (χ2n) is 2.52. The molecule has 0 saturated carbocycles. The number of hydrogen-bond acceptors (Lipinski definition) is 2. The van der Waals surface area contributed by atoms with Crippen molar-refractivity contribution < 1.29 is 0 Å². The lowest BCUT2D eigenvalue weighted by atomic mass is 10.2. The van der Waals surface area contributed by atoms with E-state index in [0.29, 0.717) is 5.88 Å². The molecule has 12 heavy (non-hydrogen) atoms. The fraction of sp³-hybridized carbons (Fsp3) is 0.222. The van der Waals surface area contributed by atoms with Crippen molar-refractivity contribution in [2.75, 3.05) is 11.6 Å². The Hall–Kier alpha value is -1.02. The fourth-order valence-corrected chi connectivity index (χ4v) is 0.934. The number of rotatable bonds is 2. The molecule has 1 rings (SSSR count). The largest absolute Gasteiger partial charge is 0.397 e. The summed E-state index contributed by atoms with van der Waals surface area (Å²) in [6.07, 6.45) is 5.38. The van der Waals surface area contributed by atoms with Crippen LogP contribution in [0.2, 0.25) is 0 Å². The van der Waals surface area contributed by atoms with E-state index in [0.717, 1.165) is 16.9 Å². The lowest BCUT2D eigenvalue weighted by Crippen LogP contribution is -1.92. The van der Waals surface area contributed by atoms with Crippen LogP contribution in [0.15, 0.2) is 18.3 Å². The van der Waals surface area contributed by atoms with Gasteiger partial charge in [-0.3, -0.25) is 4.98 Å². The van der Waals surface area contributed by atoms with Crippen molar-refractivity contribution in [1.82, 2.24) is 4.98 Å². The molecule has 0 amide bonds. The Balaban J connectivity index is 2.89. The Morgan fingerprint density at radius 3 is 3.00 bits per heavy atom. The number of halogens is 1. The van der Waals surface area contributed by atoms with Crippen molar-refractivity contribution in [3.63, 3.8) is 0 Å². The summed E-state index contributed by atoms with van der Waals surface area (Å²) in [5.74, 6) is 0.505. The first-order chi connectivity index (χ1) is 5.74. The van der Waals surface area contributed by atoms with Gasteiger partial charge in [0.05, 0.1) is 17.6 Å². The molecule has 64 valence electrons. The Bertz CT molecular complexity index is 295. The number of nitrogens with two attached hydrogens (primary N) is 1. The molecule has 0 fully saturated rings. The van der Waals surface area contributed by atoms with E-state index in [1.165, 1.54) is 0 Å². The normalized spacial score (nSPS) is 10.8. The molecule has 0 spiro atoms. The molecule has 1 heterocycles. The Morgan fingerprint density at radius 2 is 2.42 bits per heavy atom. The molecule has 0 aliphatic rings. The fourth-order valence-electron chi connectivity index (χ4n) is 0.845. The van der Waals surface area contributed by atoms with Crippen LogP contribution in [-0.4, -0.2) is 10.9 Å². The Labute approximate surface area is 77.1 Å². The summed E-state index contributed by atoms with van der Waals surface area (Å²) in [7, 11) is 0. The van der Waals surface area contributed by atoms with Crippen LogP contribution in [0.5, 0.6) is 0 Å². The molecule has 0 aliphatic carbocycles. The number of nitrogens with zero attached hydrogens (tertiary/aromatic N) is 1. The SMILES string of the molecule is Cc1cc(C=CCCl)ncc1N. The zero-order chi connectivity index (χ0) is 8.97. The first-order valence-corrected chi connectivity index (χ1v) is 4.22. The number of hydrogen-bond donors (Lipinski definition) is 1. The van der Waals surface area contributed by atoms with Crippen molar-refractivity contribution in [2.45, 2.75) is 6.92 Å². The third-order valence-electron chi connectivity index (χ3n) is 1.55. The summed E-state index contributed by atoms with van der Waals surface area (Å²) in [6, 6.07) is 1.93. The predicted molar refractivity (Wildman–Crippen MR) is 53.1 cm³/mol. The van der Waals surface area contributed by atoms with Crippen LogP contribution in [0.1, 0.15) is 11.3 Å². The highest BCUT2D eigenvalue weighted by Gasteiger charge is 1.93. The topological polar surface area (TPSA) is 38.9 Å². The molecule has 0 bridgehead atoms. The van der Waals surface area contributed by atoms with Crippen molar-refractivity contribution in [2.24, 2.45) is 0 Å². The lowest BCUT2D eigenvalue weighted by Gasteiger charge is -1.99. The van der Waals surface area contributed by atoms with Gasteiger partial charge in [-0.25, -0.2) is 0 Å². The van der Waals surface area contributed by atoms with Crippen LogP contribution in [0.25, 0.3) is 6.08 Å². The molecule has 0 saturated heterocycles. The summed E-state index contributed by atoms with van der Waals surface area (Å²) in [5, 5.41) is 0. The summed E-state index contributed by atoms with van der Waals surface area (Å²) in [5.41, 5.74) is 8.26. The quantitative estimate of drug-likeness (QED) is 0.713. The van der Waals surface area contributed by atoms with E-state index >= 15 is 0 Å². The van der Waals surface area contributed by atoms with Crippen molar-refractivity contribution in [3.8, 4) is 0 Å². The van der Waals surface area contributed by atoms with Gasteiger partial charge in [-0.05, 0) is 24.6 Å². The van der Waals surface area contributed by atoms with Crippen LogP contribution in [0.4, 0.5) is 5.69 Å². The molecule has 0 radical (unpaired) electrons. The third kappa shape index (κ3) is 2.24. The summed E-state index contributed by atoms with van der Waals surface area (Å²) >= 11 is 5.48. The van der Waals surface area contributed by atoms with E-state index in [1.807, 2.05) is 25.1 Å². The van der Waals surface area contributed by atoms with Gasteiger partial charge in [0.2, 0.25) is 0 Å². The van der Waals surface area contributed by atoms with Gasteiger partial charge in [-0.1, -0.05) is 6.08 Å². The van der Waals surface area contributed by atoms with Crippen molar-refractivity contribution in [3.05, 3.63) is 29.6 Å². The summed E-state index contributed by atoms with van der Waals surface area (Å²) in [6.45, 7) is 1.95. The number of pyridine rings is 1. The van der Waals surface area contributed by atoms with Crippen molar-refractivity contribution in [1.29, 1.82) is 0 Å². The van der Waals surface area contributed by atoms with Crippen LogP contribution < -0.4 is 5.73 Å². The molecule has 0 unspecified atom stereocenters. The Morgan fingerprint density at radius 1 is 1.67 bits per heavy atom. The standard InChI is InChI=1S/C9H11ClN2/c1-7-5-8(3-2-4-10)12-6-9(7)11/h2-3,5-6H,4,11H2,1H3. The van der Waals surface area contributed by atoms with Crippen LogP contribution in [0, 0.1) is 6.92 Å². The minimum atomic E-state index is 0.505. The van der Waals surface area contributed by atoms with E-state index in [-0.39, 0.29) is 0 Å². The van der Waals surface area contributed by atoms with Gasteiger partial charge in [-0.15, -0.1) is 11.6 Å². The van der Waals surface area contributed by atoms with E-state index < -0.39 is 0 Å². The van der Waals surface area contributed by atoms with Crippen LogP contribution >= 0.6 is 11.6 Å². The number of aromatic nitrogens is 1. The second-order valence-corrected chi connectivity index (χ2v) is 2.83. The molecule has 2 N–H and O–H groups in total. The van der Waals surface area contributed by atoms with Gasteiger partial charge in [0.15, 0.2) is 0 Å². The molecule has 3 heteroatoms. The van der Waals surface area contributed by atoms with E-state index in [1.54, 1.807) is 6.20 Å². The van der Waals surface area contributed by atoms with Gasteiger partial charge in [0.1, 0.15) is 0 Å². The average molecular weight is 183 g/mol. The number of anilines is 1. The van der Waals surface area contributed by atoms with Gasteiger partial charge in [0, 0.05) is 5.88 Å². The van der Waals surface area contributed by atoms with E-state index in [9.17, 15) is 0 Å². The summed E-state index contributed by atoms with van der Waals surface area (Å²) < 4.78 is 0. The maximum Gasteiger partial charge on any atom is 0.0631 e. The smallest absolute Gasteiger partial charge is 0.0631 e. The van der Waals surface area contributed by atoms with Gasteiger partial charge < -0.3 is 5.73 Å². The lowest BCUT2D eigenvalue weighted by molar-refractivity contribution is 1.26. The third-order valence-corrected chi connectivity index (χ3v) is 1.73.